The molecule has 0 amide bonds. The van der Waals surface area contributed by atoms with E-state index in [-0.39, 0.29) is 0 Å². The van der Waals surface area contributed by atoms with Crippen LogP contribution in [0.25, 0.3) is 0 Å². The molecule has 0 aromatic carbocycles. The van der Waals surface area contributed by atoms with Crippen LogP contribution in [0.2, 0.25) is 0 Å². The molecule has 0 spiro atoms. The summed E-state index contributed by atoms with van der Waals surface area (Å²) in [6, 6.07) is 0. The van der Waals surface area contributed by atoms with Gasteiger partial charge in [-0.3, -0.25) is 0 Å². The molecule has 1 aliphatic rings. The Kier molecular flexibility index (Phi) is 3.86. The molecule has 3 radical (unpaired) electrons. The van der Waals surface area contributed by atoms with Crippen molar-refractivity contribution in [2.45, 2.75) is 0 Å². The van der Waals surface area contributed by atoms with Gasteiger partial charge >= 0.3 is 76.1 Å². The first kappa shape index (κ1) is 8.83. The number of rotatable bonds is 0. The van der Waals surface area contributed by atoms with Gasteiger partial charge in [-0.05, 0) is 0 Å². The van der Waals surface area contributed by atoms with E-state index in [0.717, 1.165) is 0 Å². The zero-order valence-electron chi connectivity index (χ0n) is 3.79. The van der Waals surface area contributed by atoms with Gasteiger partial charge in [-0.15, -0.1) is 0 Å². The predicted molar refractivity (Wildman–Crippen MR) is 22.6 cm³/mol. The van der Waals surface area contributed by atoms with E-state index in [2.05, 4.69) is 3.88 Å². The van der Waals surface area contributed by atoms with Crippen molar-refractivity contribution in [3.63, 3.8) is 0 Å². The van der Waals surface area contributed by atoms with Gasteiger partial charge in [-0.25, -0.2) is 0 Å². The molecule has 51 valence electrons. The molecule has 0 atom stereocenters. The van der Waals surface area contributed by atoms with Crippen molar-refractivity contribution < 1.29 is 12.9 Å². The standard InChI is InChI=1S/6O.3Sb. The third-order valence-electron chi connectivity index (χ3n) is 0.400. The summed E-state index contributed by atoms with van der Waals surface area (Å²) in [5.74, 6) is 0. The van der Waals surface area contributed by atoms with Crippen LogP contribution < -0.4 is 0 Å². The summed E-state index contributed by atoms with van der Waals surface area (Å²) >= 11 is -10.3. The maximum absolute atomic E-state index is 10.3. The minimum atomic E-state index is -3.43. The SMILES string of the molecule is [O]=[Sb]1[O][Sb](=[O])[O][Sb](=[O])[O]1. The van der Waals surface area contributed by atoms with Gasteiger partial charge in [0.1, 0.15) is 0 Å². The second kappa shape index (κ2) is 3.94. The Morgan fingerprint density at radius 3 is 1.11 bits per heavy atom. The van der Waals surface area contributed by atoms with E-state index in [9.17, 15) is 9.05 Å². The third-order valence-corrected chi connectivity index (χ3v) is 18.0. The molecule has 0 bridgehead atoms. The molecule has 0 aromatic rings. The van der Waals surface area contributed by atoms with Gasteiger partial charge in [0, 0.05) is 0 Å². The second-order valence-corrected chi connectivity index (χ2v) is 15.5. The molecule has 0 saturated carbocycles. The molecule has 0 aliphatic carbocycles. The zero-order chi connectivity index (χ0) is 6.85. The van der Waals surface area contributed by atoms with Crippen LogP contribution in [0.4, 0.5) is 0 Å². The molecule has 0 aromatic heterocycles. The molecule has 1 aliphatic heterocycles. The first-order valence-corrected chi connectivity index (χ1v) is 11.0. The molecule has 9 heavy (non-hydrogen) atoms. The second-order valence-electron chi connectivity index (χ2n) is 0.916. The van der Waals surface area contributed by atoms with E-state index >= 15 is 0 Å². The average molecular weight is 461 g/mol. The molecular formula is O6Sb3. The first-order chi connectivity index (χ1) is 4.18. The monoisotopic (exact) mass is 459 g/mol. The van der Waals surface area contributed by atoms with Gasteiger partial charge in [-0.2, -0.15) is 0 Å². The minimum absolute atomic E-state index is 3.43. The molecule has 0 N–H and O–H groups in total. The van der Waals surface area contributed by atoms with E-state index in [0.29, 0.717) is 0 Å². The van der Waals surface area contributed by atoms with Gasteiger partial charge in [0.05, 0.1) is 0 Å². The van der Waals surface area contributed by atoms with E-state index in [1.165, 1.54) is 0 Å². The topological polar surface area (TPSA) is 78.9 Å². The van der Waals surface area contributed by atoms with Gasteiger partial charge < -0.3 is 0 Å². The predicted octanol–water partition coefficient (Wildman–Crippen LogP) is -1.70. The van der Waals surface area contributed by atoms with Crippen LogP contribution in [0, 0.1) is 0 Å². The van der Waals surface area contributed by atoms with Crippen LogP contribution in [0.3, 0.4) is 0 Å². The van der Waals surface area contributed by atoms with Crippen LogP contribution in [0.1, 0.15) is 0 Å². The Morgan fingerprint density at radius 2 is 0.889 bits per heavy atom. The molecule has 1 rings (SSSR count). The average Bonchev–Trinajstić information content (AvgIpc) is 1.59. The third kappa shape index (κ3) is 3.09. The fourth-order valence-corrected chi connectivity index (χ4v) is 20.8. The van der Waals surface area contributed by atoms with Crippen LogP contribution in [-0.2, 0) is 12.9 Å². The Balaban J connectivity index is 2.64. The quantitative estimate of drug-likeness (QED) is 0.401. The van der Waals surface area contributed by atoms with Crippen molar-refractivity contribution in [2.75, 3.05) is 0 Å². The normalized spacial score (nSPS) is 20.7. The maximum atomic E-state index is 10.3. The van der Waals surface area contributed by atoms with E-state index in [1.807, 2.05) is 0 Å². The summed E-state index contributed by atoms with van der Waals surface area (Å²) in [4.78, 5) is 0. The van der Waals surface area contributed by atoms with Gasteiger partial charge in [0.25, 0.3) is 0 Å². The van der Waals surface area contributed by atoms with E-state index in [4.69, 9.17) is 0 Å². The van der Waals surface area contributed by atoms with Crippen molar-refractivity contribution in [1.29, 1.82) is 0 Å². The fraction of sp³-hybridized carbons (Fsp3) is 0. The van der Waals surface area contributed by atoms with Gasteiger partial charge in [0.15, 0.2) is 0 Å². The summed E-state index contributed by atoms with van der Waals surface area (Å²) in [7, 11) is 0. The number of hydrogen-bond acceptors (Lipinski definition) is 6. The van der Waals surface area contributed by atoms with E-state index < -0.39 is 63.1 Å². The van der Waals surface area contributed by atoms with Crippen LogP contribution >= 0.6 is 0 Å². The van der Waals surface area contributed by atoms with Crippen molar-refractivity contribution in [2.24, 2.45) is 0 Å². The summed E-state index contributed by atoms with van der Waals surface area (Å²) < 4.78 is 43.6. The van der Waals surface area contributed by atoms with E-state index in [1.54, 1.807) is 0 Å². The van der Waals surface area contributed by atoms with Crippen LogP contribution in [0.5, 0.6) is 0 Å². The Hall–Kier alpha value is 1.73. The first-order valence-electron chi connectivity index (χ1n) is 1.64. The molecule has 1 heterocycles. The fourth-order valence-electron chi connectivity index (χ4n) is 0.208. The van der Waals surface area contributed by atoms with Gasteiger partial charge in [-0.1, -0.05) is 0 Å². The summed E-state index contributed by atoms with van der Waals surface area (Å²) in [6.07, 6.45) is 0. The molecule has 9 heteroatoms. The Labute approximate surface area is 74.9 Å². The molecule has 1 fully saturated rings. The summed E-state index contributed by atoms with van der Waals surface area (Å²) in [5.41, 5.74) is 0. The Morgan fingerprint density at radius 1 is 0.667 bits per heavy atom. The van der Waals surface area contributed by atoms with Crippen molar-refractivity contribution in [1.82, 2.24) is 0 Å². The van der Waals surface area contributed by atoms with Crippen molar-refractivity contribution in [3.05, 3.63) is 0 Å². The molecule has 6 nitrogen and oxygen atoms in total. The zero-order valence-corrected chi connectivity index (χ0v) is 11.4. The summed E-state index contributed by atoms with van der Waals surface area (Å²) in [5, 5.41) is 0. The Bertz CT molecular complexity index is 135. The number of hydrogen-bond donors (Lipinski definition) is 0. The van der Waals surface area contributed by atoms with Gasteiger partial charge in [0.2, 0.25) is 0 Å². The van der Waals surface area contributed by atoms with Crippen LogP contribution in [-0.4, -0.2) is 63.1 Å². The van der Waals surface area contributed by atoms with Crippen molar-refractivity contribution in [3.8, 4) is 0 Å². The van der Waals surface area contributed by atoms with Crippen molar-refractivity contribution >= 4 is 63.1 Å². The molecule has 0 unspecified atom stereocenters. The molecular weight excluding hydrogens is 461 g/mol. The summed E-state index contributed by atoms with van der Waals surface area (Å²) in [6.45, 7) is 0. The van der Waals surface area contributed by atoms with Crippen LogP contribution in [0.15, 0.2) is 0 Å². The molecule has 1 saturated heterocycles.